The lowest BCUT2D eigenvalue weighted by molar-refractivity contribution is 0.356. The zero-order valence-corrected chi connectivity index (χ0v) is 16.5. The Morgan fingerprint density at radius 2 is 2.00 bits per heavy atom. The van der Waals surface area contributed by atoms with E-state index in [0.717, 1.165) is 33.8 Å². The molecule has 2 aromatic heterocycles. The van der Waals surface area contributed by atoms with Crippen LogP contribution >= 0.6 is 0 Å². The summed E-state index contributed by atoms with van der Waals surface area (Å²) in [6, 6.07) is 11.0. The number of para-hydroxylation sites is 1. The lowest BCUT2D eigenvalue weighted by Gasteiger charge is -2.19. The molecule has 2 aliphatic rings. The number of halogens is 1. The van der Waals surface area contributed by atoms with Crippen LogP contribution in [-0.2, 0) is 13.0 Å². The number of nitrogens with zero attached hydrogens (tertiary/aromatic N) is 4. The second-order valence-corrected chi connectivity index (χ2v) is 7.40. The molecule has 0 amide bonds. The van der Waals surface area contributed by atoms with E-state index in [-0.39, 0.29) is 12.4 Å². The van der Waals surface area contributed by atoms with Gasteiger partial charge in [-0.05, 0) is 29.8 Å². The van der Waals surface area contributed by atoms with Crippen LogP contribution in [0.2, 0.25) is 0 Å². The molecule has 0 unspecified atom stereocenters. The first kappa shape index (κ1) is 17.9. The van der Waals surface area contributed by atoms with Crippen molar-refractivity contribution in [1.82, 2.24) is 19.6 Å². The van der Waals surface area contributed by atoms with Crippen molar-refractivity contribution in [3.8, 4) is 11.5 Å². The summed E-state index contributed by atoms with van der Waals surface area (Å²) in [5.74, 6) is 1.87. The molecule has 0 saturated carbocycles. The first-order valence-electron chi connectivity index (χ1n) is 10.1. The molecule has 7 nitrogen and oxygen atoms in total. The number of fused-ring (bicyclic) bond motifs is 3. The van der Waals surface area contributed by atoms with Crippen molar-refractivity contribution in [2.24, 2.45) is 0 Å². The fraction of sp³-hybridized carbons (Fsp3) is 0.174. The van der Waals surface area contributed by atoms with E-state index in [0.29, 0.717) is 36.8 Å². The number of aromatic nitrogens is 4. The summed E-state index contributed by atoms with van der Waals surface area (Å²) in [5, 5.41) is 11.6. The van der Waals surface area contributed by atoms with Gasteiger partial charge in [0, 0.05) is 41.4 Å². The normalized spacial score (nSPS) is 14.4. The molecule has 4 heterocycles. The number of ether oxygens (including phenoxy) is 2. The fourth-order valence-electron chi connectivity index (χ4n) is 4.21. The van der Waals surface area contributed by atoms with Crippen LogP contribution in [-0.4, -0.2) is 32.8 Å². The van der Waals surface area contributed by atoms with Crippen molar-refractivity contribution in [2.75, 3.05) is 18.5 Å². The van der Waals surface area contributed by atoms with Gasteiger partial charge in [0.25, 0.3) is 0 Å². The zero-order chi connectivity index (χ0) is 20.8. The van der Waals surface area contributed by atoms with Crippen molar-refractivity contribution >= 4 is 17.2 Å². The highest BCUT2D eigenvalue weighted by atomic mass is 19.1. The molecule has 0 aliphatic carbocycles. The van der Waals surface area contributed by atoms with Gasteiger partial charge in [0.1, 0.15) is 30.3 Å². The number of hydrogen-bond donors (Lipinski definition) is 1. The average Bonchev–Trinajstić information content (AvgIpc) is 3.48. The second-order valence-electron chi connectivity index (χ2n) is 7.40. The number of hydrogen-bond acceptors (Lipinski definition) is 6. The average molecular weight is 415 g/mol. The van der Waals surface area contributed by atoms with E-state index in [1.807, 2.05) is 30.3 Å². The van der Waals surface area contributed by atoms with Gasteiger partial charge in [-0.1, -0.05) is 18.2 Å². The summed E-state index contributed by atoms with van der Waals surface area (Å²) >= 11 is 0. The maximum absolute atomic E-state index is 14.5. The van der Waals surface area contributed by atoms with Crippen LogP contribution in [0.4, 0.5) is 10.3 Å². The third kappa shape index (κ3) is 2.91. The van der Waals surface area contributed by atoms with E-state index in [4.69, 9.17) is 9.47 Å². The van der Waals surface area contributed by atoms with E-state index in [1.165, 1.54) is 6.07 Å². The summed E-state index contributed by atoms with van der Waals surface area (Å²) in [7, 11) is 0. The lowest BCUT2D eigenvalue weighted by atomic mass is 9.97. The molecule has 8 heteroatoms. The number of anilines is 1. The first-order chi connectivity index (χ1) is 15.3. The van der Waals surface area contributed by atoms with E-state index in [9.17, 15) is 4.39 Å². The Labute approximate surface area is 177 Å². The molecule has 0 saturated heterocycles. The Morgan fingerprint density at radius 3 is 2.97 bits per heavy atom. The summed E-state index contributed by atoms with van der Waals surface area (Å²) in [4.78, 5) is 4.60. The van der Waals surface area contributed by atoms with Crippen LogP contribution in [0.25, 0.3) is 11.2 Å². The van der Waals surface area contributed by atoms with Crippen molar-refractivity contribution < 1.29 is 13.9 Å². The number of nitrogens with one attached hydrogen (secondary N) is 1. The molecule has 31 heavy (non-hydrogen) atoms. The predicted octanol–water partition coefficient (Wildman–Crippen LogP) is 3.63. The monoisotopic (exact) mass is 415 g/mol. The molecule has 0 fully saturated rings. The first-order valence-corrected chi connectivity index (χ1v) is 10.1. The van der Waals surface area contributed by atoms with E-state index >= 15 is 0 Å². The molecule has 0 bridgehead atoms. The number of rotatable bonds is 4. The minimum absolute atomic E-state index is 0.252. The number of benzene rings is 2. The Balaban J connectivity index is 1.36. The minimum Gasteiger partial charge on any atom is -0.493 e. The van der Waals surface area contributed by atoms with E-state index < -0.39 is 0 Å². The zero-order valence-electron chi connectivity index (χ0n) is 16.5. The molecule has 0 radical (unpaired) electrons. The van der Waals surface area contributed by atoms with Crippen molar-refractivity contribution in [1.29, 1.82) is 0 Å². The van der Waals surface area contributed by atoms with Gasteiger partial charge in [-0.3, -0.25) is 4.40 Å². The van der Waals surface area contributed by atoms with E-state index in [2.05, 4.69) is 20.5 Å². The fourth-order valence-corrected chi connectivity index (χ4v) is 4.21. The van der Waals surface area contributed by atoms with Crippen molar-refractivity contribution in [3.05, 3.63) is 83.1 Å². The van der Waals surface area contributed by atoms with Crippen LogP contribution in [0, 0.1) is 5.82 Å². The predicted molar refractivity (Wildman–Crippen MR) is 113 cm³/mol. The SMILES string of the molecule is Fc1ccc2c(c1CNc1ncc(C3=CCOc4ccccc43)c3nncn13)CCO2. The third-order valence-corrected chi connectivity index (χ3v) is 5.69. The Hall–Kier alpha value is -3.94. The quantitative estimate of drug-likeness (QED) is 0.549. The molecule has 1 N–H and O–H groups in total. The minimum atomic E-state index is -0.252. The van der Waals surface area contributed by atoms with Crippen LogP contribution in [0.1, 0.15) is 22.3 Å². The van der Waals surface area contributed by atoms with E-state index in [1.54, 1.807) is 23.0 Å². The van der Waals surface area contributed by atoms with Gasteiger partial charge in [0.2, 0.25) is 5.95 Å². The molecule has 4 aromatic rings. The second kappa shape index (κ2) is 7.09. The topological polar surface area (TPSA) is 73.6 Å². The highest BCUT2D eigenvalue weighted by Crippen LogP contribution is 2.35. The molecule has 0 atom stereocenters. The molecule has 0 spiro atoms. The van der Waals surface area contributed by atoms with Crippen LogP contribution in [0.3, 0.4) is 0 Å². The highest BCUT2D eigenvalue weighted by Gasteiger charge is 2.22. The lowest BCUT2D eigenvalue weighted by Crippen LogP contribution is -2.11. The molecule has 154 valence electrons. The molecular formula is C23H18FN5O2. The van der Waals surface area contributed by atoms with Crippen molar-refractivity contribution in [3.63, 3.8) is 0 Å². The Bertz CT molecular complexity index is 1350. The summed E-state index contributed by atoms with van der Waals surface area (Å²) < 4.78 is 27.6. The maximum atomic E-state index is 14.5. The van der Waals surface area contributed by atoms with Gasteiger partial charge < -0.3 is 14.8 Å². The van der Waals surface area contributed by atoms with Gasteiger partial charge in [0.05, 0.1) is 6.61 Å². The Morgan fingerprint density at radius 1 is 1.06 bits per heavy atom. The highest BCUT2D eigenvalue weighted by molar-refractivity contribution is 5.89. The largest absolute Gasteiger partial charge is 0.493 e. The molecule has 2 aromatic carbocycles. The Kier molecular flexibility index (Phi) is 4.09. The molecular weight excluding hydrogens is 397 g/mol. The summed E-state index contributed by atoms with van der Waals surface area (Å²) in [6.07, 6.45) is 6.10. The van der Waals surface area contributed by atoms with Crippen LogP contribution < -0.4 is 14.8 Å². The van der Waals surface area contributed by atoms with Gasteiger partial charge in [0.15, 0.2) is 5.65 Å². The van der Waals surface area contributed by atoms with Gasteiger partial charge in [-0.2, -0.15) is 0 Å². The van der Waals surface area contributed by atoms with Gasteiger partial charge >= 0.3 is 0 Å². The summed E-state index contributed by atoms with van der Waals surface area (Å²) in [6.45, 7) is 1.35. The smallest absolute Gasteiger partial charge is 0.210 e. The van der Waals surface area contributed by atoms with Crippen LogP contribution in [0.15, 0.2) is 55.0 Å². The molecule has 6 rings (SSSR count). The van der Waals surface area contributed by atoms with Crippen molar-refractivity contribution in [2.45, 2.75) is 13.0 Å². The maximum Gasteiger partial charge on any atom is 0.210 e. The molecule has 2 aliphatic heterocycles. The van der Waals surface area contributed by atoms with Gasteiger partial charge in [-0.25, -0.2) is 9.37 Å². The van der Waals surface area contributed by atoms with Crippen LogP contribution in [0.5, 0.6) is 11.5 Å². The standard InChI is InChI=1S/C23H18FN5O2/c24-19-5-6-21-16(8-10-31-21)17(19)11-25-23-26-12-18(22-28-27-13-29(22)23)14-7-9-30-20-4-2-1-3-15(14)20/h1-7,12-13H,8-11H2,(H,25,26). The third-order valence-electron chi connectivity index (χ3n) is 5.69. The summed E-state index contributed by atoms with van der Waals surface area (Å²) in [5.41, 5.74) is 5.03. The van der Waals surface area contributed by atoms with Gasteiger partial charge in [-0.15, -0.1) is 10.2 Å².